The molecule has 4 aromatic rings. The van der Waals surface area contributed by atoms with Gasteiger partial charge in [0, 0.05) is 0 Å². The first-order valence-electron chi connectivity index (χ1n) is 10.8. The van der Waals surface area contributed by atoms with Crippen LogP contribution in [-0.2, 0) is 10.1 Å². The van der Waals surface area contributed by atoms with E-state index in [1.54, 1.807) is 6.07 Å². The standard InChI is InChI=1S/C28H27O3PS/c1-20-14-21(2)17-25(16-20)32(24-10-6-5-7-11-24,26-18-22(3)15-23(4)19-26)27-12-8-9-13-28(27)33(29,30)31/h5-19H,1-4H3/p+1. The molecule has 0 aliphatic heterocycles. The van der Waals surface area contributed by atoms with Crippen LogP contribution in [0.1, 0.15) is 22.3 Å². The molecular weight excluding hydrogens is 447 g/mol. The van der Waals surface area contributed by atoms with E-state index in [1.165, 1.54) is 6.07 Å². The molecule has 0 saturated carbocycles. The Morgan fingerprint density at radius 1 is 0.576 bits per heavy atom. The number of rotatable bonds is 5. The van der Waals surface area contributed by atoms with Gasteiger partial charge in [-0.05, 0) is 98.5 Å². The van der Waals surface area contributed by atoms with Crippen LogP contribution < -0.4 is 21.2 Å². The van der Waals surface area contributed by atoms with E-state index in [1.807, 2.05) is 30.3 Å². The summed E-state index contributed by atoms with van der Waals surface area (Å²) in [5, 5.41) is 3.80. The summed E-state index contributed by atoms with van der Waals surface area (Å²) < 4.78 is 35.6. The molecule has 0 spiro atoms. The van der Waals surface area contributed by atoms with Crippen LogP contribution in [0.3, 0.4) is 0 Å². The predicted molar refractivity (Wildman–Crippen MR) is 140 cm³/mol. The van der Waals surface area contributed by atoms with Crippen molar-refractivity contribution in [2.24, 2.45) is 0 Å². The van der Waals surface area contributed by atoms with Crippen molar-refractivity contribution in [3.05, 3.63) is 113 Å². The summed E-state index contributed by atoms with van der Waals surface area (Å²) in [5.74, 6) is 0. The number of hydrogen-bond donors (Lipinski definition) is 1. The van der Waals surface area contributed by atoms with Crippen LogP contribution in [0.15, 0.2) is 95.9 Å². The van der Waals surface area contributed by atoms with Gasteiger partial charge in [-0.3, -0.25) is 4.55 Å². The molecule has 0 aliphatic rings. The third-order valence-corrected chi connectivity index (χ3v) is 11.1. The van der Waals surface area contributed by atoms with E-state index in [0.717, 1.165) is 38.2 Å². The molecule has 0 radical (unpaired) electrons. The minimum atomic E-state index is -4.45. The molecule has 0 amide bonds. The van der Waals surface area contributed by atoms with Crippen LogP contribution >= 0.6 is 7.26 Å². The Hall–Kier alpha value is -2.78. The smallest absolute Gasteiger partial charge is 0.282 e. The van der Waals surface area contributed by atoms with Crippen LogP contribution in [0.5, 0.6) is 0 Å². The van der Waals surface area contributed by atoms with Crippen LogP contribution in [0.4, 0.5) is 0 Å². The summed E-state index contributed by atoms with van der Waals surface area (Å²) in [7, 11) is -7.14. The second kappa shape index (κ2) is 8.87. The lowest BCUT2D eigenvalue weighted by molar-refractivity contribution is 0.484. The van der Waals surface area contributed by atoms with Crippen molar-refractivity contribution in [3.63, 3.8) is 0 Å². The molecule has 5 heteroatoms. The van der Waals surface area contributed by atoms with Crippen LogP contribution in [-0.4, -0.2) is 13.0 Å². The van der Waals surface area contributed by atoms with Crippen LogP contribution in [0.2, 0.25) is 0 Å². The van der Waals surface area contributed by atoms with E-state index in [4.69, 9.17) is 0 Å². The lowest BCUT2D eigenvalue weighted by atomic mass is 10.2. The van der Waals surface area contributed by atoms with Crippen molar-refractivity contribution in [2.75, 3.05) is 0 Å². The SMILES string of the molecule is Cc1cc(C)cc([P+](c2ccccc2)(c2cc(C)cc(C)c2)c2ccccc2S(=O)(=O)O)c1. The number of aryl methyl sites for hydroxylation is 4. The average Bonchev–Trinajstić information content (AvgIpc) is 2.73. The molecule has 0 unspecified atom stereocenters. The molecule has 0 fully saturated rings. The fourth-order valence-electron chi connectivity index (χ4n) is 4.76. The Morgan fingerprint density at radius 3 is 1.45 bits per heavy atom. The van der Waals surface area contributed by atoms with Gasteiger partial charge in [-0.1, -0.05) is 42.5 Å². The maximum absolute atomic E-state index is 12.6. The first-order chi connectivity index (χ1) is 15.6. The molecule has 168 valence electrons. The maximum atomic E-state index is 12.6. The van der Waals surface area contributed by atoms with Crippen molar-refractivity contribution in [1.29, 1.82) is 0 Å². The highest BCUT2D eigenvalue weighted by Crippen LogP contribution is 2.56. The third kappa shape index (κ3) is 4.39. The van der Waals surface area contributed by atoms with Crippen molar-refractivity contribution < 1.29 is 13.0 Å². The molecule has 0 heterocycles. The highest BCUT2D eigenvalue weighted by molar-refractivity contribution is 8.02. The fraction of sp³-hybridized carbons (Fsp3) is 0.143. The summed E-state index contributed by atoms with van der Waals surface area (Å²) in [4.78, 5) is -0.0412. The second-order valence-electron chi connectivity index (χ2n) is 8.64. The normalized spacial score (nSPS) is 12.0. The van der Waals surface area contributed by atoms with Crippen molar-refractivity contribution in [1.82, 2.24) is 0 Å². The quantitative estimate of drug-likeness (QED) is 0.334. The predicted octanol–water partition coefficient (Wildman–Crippen LogP) is 4.79. The summed E-state index contributed by atoms with van der Waals surface area (Å²) >= 11 is 0. The van der Waals surface area contributed by atoms with E-state index in [-0.39, 0.29) is 4.90 Å². The Morgan fingerprint density at radius 2 is 1.00 bits per heavy atom. The molecule has 0 bridgehead atoms. The van der Waals surface area contributed by atoms with E-state index in [0.29, 0.717) is 5.30 Å². The van der Waals surface area contributed by atoms with Crippen molar-refractivity contribution in [3.8, 4) is 0 Å². The molecule has 33 heavy (non-hydrogen) atoms. The van der Waals surface area contributed by atoms with Gasteiger partial charge in [-0.15, -0.1) is 0 Å². The van der Waals surface area contributed by atoms with Gasteiger partial charge < -0.3 is 0 Å². The molecule has 0 aromatic heterocycles. The number of hydrogen-bond acceptors (Lipinski definition) is 2. The van der Waals surface area contributed by atoms with Crippen LogP contribution in [0.25, 0.3) is 0 Å². The molecule has 1 N–H and O–H groups in total. The monoisotopic (exact) mass is 475 g/mol. The molecule has 3 nitrogen and oxygen atoms in total. The first kappa shape index (κ1) is 23.4. The summed E-state index contributed by atoms with van der Waals surface area (Å²) in [5.41, 5.74) is 4.44. The van der Waals surface area contributed by atoms with Gasteiger partial charge >= 0.3 is 0 Å². The van der Waals surface area contributed by atoms with Crippen LogP contribution in [0, 0.1) is 27.7 Å². The average molecular weight is 476 g/mol. The minimum Gasteiger partial charge on any atom is -0.282 e. The lowest BCUT2D eigenvalue weighted by Gasteiger charge is -2.29. The molecular formula is C28H28O3PS+. The maximum Gasteiger partial charge on any atom is 0.298 e. The van der Waals surface area contributed by atoms with Gasteiger partial charge in [0.25, 0.3) is 10.1 Å². The van der Waals surface area contributed by atoms with E-state index in [2.05, 4.69) is 76.2 Å². The minimum absolute atomic E-state index is 0.0412. The Balaban J connectivity index is 2.30. The molecule has 4 rings (SSSR count). The number of benzene rings is 4. The molecule has 4 aromatic carbocycles. The summed E-state index contributed by atoms with van der Waals surface area (Å²) in [6.45, 7) is 8.25. The highest BCUT2D eigenvalue weighted by atomic mass is 32.2. The Kier molecular flexibility index (Phi) is 6.28. The molecule has 0 atom stereocenters. The zero-order chi connectivity index (χ0) is 23.8. The van der Waals surface area contributed by atoms with E-state index in [9.17, 15) is 13.0 Å². The van der Waals surface area contributed by atoms with Gasteiger partial charge in [0.05, 0.1) is 0 Å². The first-order valence-corrected chi connectivity index (χ1v) is 14.0. The van der Waals surface area contributed by atoms with Gasteiger partial charge in [0.1, 0.15) is 33.4 Å². The van der Waals surface area contributed by atoms with Gasteiger partial charge in [0.2, 0.25) is 0 Å². The van der Waals surface area contributed by atoms with E-state index < -0.39 is 17.4 Å². The van der Waals surface area contributed by atoms with Crippen molar-refractivity contribution >= 4 is 38.6 Å². The summed E-state index contributed by atoms with van der Waals surface area (Å²) in [6.07, 6.45) is 0. The van der Waals surface area contributed by atoms with Gasteiger partial charge in [-0.2, -0.15) is 8.42 Å². The second-order valence-corrected chi connectivity index (χ2v) is 13.4. The van der Waals surface area contributed by atoms with Gasteiger partial charge in [-0.25, -0.2) is 0 Å². The van der Waals surface area contributed by atoms with Gasteiger partial charge in [0.15, 0.2) is 0 Å². The fourth-order valence-corrected chi connectivity index (χ4v) is 10.7. The van der Waals surface area contributed by atoms with E-state index >= 15 is 0 Å². The Labute approximate surface area is 197 Å². The topological polar surface area (TPSA) is 54.4 Å². The highest BCUT2D eigenvalue weighted by Gasteiger charge is 2.51. The largest absolute Gasteiger partial charge is 0.298 e. The molecule has 0 aliphatic carbocycles. The third-order valence-electron chi connectivity index (χ3n) is 5.84. The molecule has 0 saturated heterocycles. The lowest BCUT2D eigenvalue weighted by Crippen LogP contribution is -2.41. The Bertz CT molecular complexity index is 1330. The summed E-state index contributed by atoms with van der Waals surface area (Å²) in [6, 6.07) is 29.9. The zero-order valence-corrected chi connectivity index (χ0v) is 21.0. The van der Waals surface area contributed by atoms with Crippen molar-refractivity contribution in [2.45, 2.75) is 32.6 Å². The zero-order valence-electron chi connectivity index (χ0n) is 19.3.